The summed E-state index contributed by atoms with van der Waals surface area (Å²) >= 11 is 3.39. The number of benzene rings is 2. The van der Waals surface area contributed by atoms with Gasteiger partial charge >= 0.3 is 5.97 Å². The topological polar surface area (TPSA) is 44.8 Å². The Hall–Kier alpha value is -2.53. The summed E-state index contributed by atoms with van der Waals surface area (Å²) in [5.41, 5.74) is 2.16. The highest BCUT2D eigenvalue weighted by atomic mass is 79.9. The van der Waals surface area contributed by atoms with Crippen molar-refractivity contribution >= 4 is 33.7 Å². The molecule has 0 spiro atoms. The first-order chi connectivity index (χ1) is 11.6. The van der Waals surface area contributed by atoms with E-state index in [1.807, 2.05) is 36.4 Å². The molecule has 2 aromatic carbocycles. The smallest absolute Gasteiger partial charge is 0.343 e. The van der Waals surface area contributed by atoms with Gasteiger partial charge in [-0.05, 0) is 42.0 Å². The number of methoxy groups -OCH3 is 2. The molecule has 4 nitrogen and oxygen atoms in total. The SMILES string of the molecule is COc1ccc(C=C2C=C(c3ccc(Br)cc3)OC2=O)cc1OC. The molecule has 122 valence electrons. The lowest BCUT2D eigenvalue weighted by Crippen LogP contribution is -1.97. The van der Waals surface area contributed by atoms with Gasteiger partial charge in [-0.3, -0.25) is 0 Å². The van der Waals surface area contributed by atoms with Crippen LogP contribution in [0.3, 0.4) is 0 Å². The second-order valence-electron chi connectivity index (χ2n) is 5.12. The average molecular weight is 387 g/mol. The molecule has 0 aliphatic carbocycles. The van der Waals surface area contributed by atoms with Gasteiger partial charge in [-0.25, -0.2) is 4.79 Å². The van der Waals surface area contributed by atoms with Crippen LogP contribution in [0.25, 0.3) is 11.8 Å². The summed E-state index contributed by atoms with van der Waals surface area (Å²) in [7, 11) is 3.15. The Morgan fingerprint density at radius 3 is 2.38 bits per heavy atom. The highest BCUT2D eigenvalue weighted by molar-refractivity contribution is 9.10. The largest absolute Gasteiger partial charge is 0.493 e. The number of rotatable bonds is 4. The van der Waals surface area contributed by atoms with Crippen molar-refractivity contribution in [2.75, 3.05) is 14.2 Å². The fourth-order valence-electron chi connectivity index (χ4n) is 2.37. The number of ether oxygens (including phenoxy) is 3. The highest BCUT2D eigenvalue weighted by Gasteiger charge is 2.22. The van der Waals surface area contributed by atoms with E-state index in [0.717, 1.165) is 15.6 Å². The Morgan fingerprint density at radius 1 is 1.00 bits per heavy atom. The quantitative estimate of drug-likeness (QED) is 0.575. The first-order valence-corrected chi connectivity index (χ1v) is 8.03. The van der Waals surface area contributed by atoms with Gasteiger partial charge in [0.1, 0.15) is 5.76 Å². The minimum Gasteiger partial charge on any atom is -0.493 e. The van der Waals surface area contributed by atoms with Gasteiger partial charge < -0.3 is 14.2 Å². The Morgan fingerprint density at radius 2 is 1.71 bits per heavy atom. The van der Waals surface area contributed by atoms with Crippen LogP contribution in [-0.2, 0) is 9.53 Å². The lowest BCUT2D eigenvalue weighted by molar-refractivity contribution is -0.130. The van der Waals surface area contributed by atoms with Crippen LogP contribution in [0.1, 0.15) is 11.1 Å². The van der Waals surface area contributed by atoms with Gasteiger partial charge in [0.25, 0.3) is 0 Å². The molecule has 0 N–H and O–H groups in total. The molecule has 1 heterocycles. The summed E-state index contributed by atoms with van der Waals surface area (Å²) in [6.45, 7) is 0. The van der Waals surface area contributed by atoms with Gasteiger partial charge in [-0.1, -0.05) is 34.1 Å². The lowest BCUT2D eigenvalue weighted by Gasteiger charge is -2.07. The molecular weight excluding hydrogens is 372 g/mol. The van der Waals surface area contributed by atoms with Crippen LogP contribution in [0.5, 0.6) is 11.5 Å². The zero-order valence-electron chi connectivity index (χ0n) is 13.2. The summed E-state index contributed by atoms with van der Waals surface area (Å²) in [6.07, 6.45) is 3.50. The summed E-state index contributed by atoms with van der Waals surface area (Å²) < 4.78 is 16.8. The van der Waals surface area contributed by atoms with Crippen LogP contribution >= 0.6 is 15.9 Å². The second kappa shape index (κ2) is 6.93. The number of hydrogen-bond donors (Lipinski definition) is 0. The van der Waals surface area contributed by atoms with Gasteiger partial charge in [0.05, 0.1) is 19.8 Å². The summed E-state index contributed by atoms with van der Waals surface area (Å²) in [6, 6.07) is 13.0. The van der Waals surface area contributed by atoms with Gasteiger partial charge in [0.15, 0.2) is 11.5 Å². The molecule has 3 rings (SSSR count). The third-order valence-corrected chi connectivity index (χ3v) is 4.11. The average Bonchev–Trinajstić information content (AvgIpc) is 2.96. The molecule has 24 heavy (non-hydrogen) atoms. The van der Waals surface area contributed by atoms with E-state index in [1.54, 1.807) is 32.4 Å². The van der Waals surface area contributed by atoms with E-state index in [-0.39, 0.29) is 5.97 Å². The fourth-order valence-corrected chi connectivity index (χ4v) is 2.63. The van der Waals surface area contributed by atoms with Crippen molar-refractivity contribution in [3.63, 3.8) is 0 Å². The molecule has 2 aromatic rings. The number of halogens is 1. The normalized spacial score (nSPS) is 15.2. The zero-order valence-corrected chi connectivity index (χ0v) is 14.8. The van der Waals surface area contributed by atoms with Gasteiger partial charge in [0, 0.05) is 10.0 Å². The zero-order chi connectivity index (χ0) is 17.1. The molecule has 0 fully saturated rings. The molecule has 1 aliphatic rings. The van der Waals surface area contributed by atoms with E-state index in [0.29, 0.717) is 22.8 Å². The number of hydrogen-bond acceptors (Lipinski definition) is 4. The molecule has 0 saturated carbocycles. The monoisotopic (exact) mass is 386 g/mol. The maximum atomic E-state index is 12.1. The number of cyclic esters (lactones) is 1. The molecule has 1 aliphatic heterocycles. The van der Waals surface area contributed by atoms with Crippen molar-refractivity contribution in [3.05, 3.63) is 69.7 Å². The third-order valence-electron chi connectivity index (χ3n) is 3.58. The molecule has 0 unspecified atom stereocenters. The lowest BCUT2D eigenvalue weighted by atomic mass is 10.1. The van der Waals surface area contributed by atoms with E-state index >= 15 is 0 Å². The van der Waals surface area contributed by atoms with Crippen molar-refractivity contribution in [1.82, 2.24) is 0 Å². The maximum Gasteiger partial charge on any atom is 0.343 e. The predicted molar refractivity (Wildman–Crippen MR) is 95.7 cm³/mol. The predicted octanol–water partition coefficient (Wildman–Crippen LogP) is 4.45. The number of carbonyl (C=O) groups is 1. The third kappa shape index (κ3) is 3.36. The molecule has 0 saturated heterocycles. The Bertz CT molecular complexity index is 835. The first kappa shape index (κ1) is 16.3. The first-order valence-electron chi connectivity index (χ1n) is 7.24. The Labute approximate surface area is 148 Å². The van der Waals surface area contributed by atoms with Crippen LogP contribution < -0.4 is 9.47 Å². The standard InChI is InChI=1S/C19H15BrO4/c1-22-16-8-3-12(10-18(16)23-2)9-14-11-17(24-19(14)21)13-4-6-15(20)7-5-13/h3-11H,1-2H3. The van der Waals surface area contributed by atoms with Crippen molar-refractivity contribution in [3.8, 4) is 11.5 Å². The van der Waals surface area contributed by atoms with E-state index in [9.17, 15) is 4.79 Å². The van der Waals surface area contributed by atoms with E-state index in [2.05, 4.69) is 15.9 Å². The van der Waals surface area contributed by atoms with E-state index < -0.39 is 0 Å². The van der Waals surface area contributed by atoms with E-state index in [4.69, 9.17) is 14.2 Å². The molecule has 0 atom stereocenters. The molecular formula is C19H15BrO4. The molecule has 0 aromatic heterocycles. The summed E-state index contributed by atoms with van der Waals surface area (Å²) in [5.74, 6) is 1.41. The minimum atomic E-state index is -0.372. The van der Waals surface area contributed by atoms with Crippen LogP contribution in [0, 0.1) is 0 Å². The Balaban J connectivity index is 1.92. The molecule has 5 heteroatoms. The fraction of sp³-hybridized carbons (Fsp3) is 0.105. The number of carbonyl (C=O) groups excluding carboxylic acids is 1. The van der Waals surface area contributed by atoms with Crippen LogP contribution in [0.4, 0.5) is 0 Å². The van der Waals surface area contributed by atoms with Crippen molar-refractivity contribution < 1.29 is 19.0 Å². The van der Waals surface area contributed by atoms with Crippen LogP contribution in [0.15, 0.2) is 58.6 Å². The minimum absolute atomic E-state index is 0.372. The molecule has 0 bridgehead atoms. The van der Waals surface area contributed by atoms with Gasteiger partial charge in [0.2, 0.25) is 0 Å². The Kier molecular flexibility index (Phi) is 4.71. The van der Waals surface area contributed by atoms with Gasteiger partial charge in [-0.15, -0.1) is 0 Å². The second-order valence-corrected chi connectivity index (χ2v) is 6.03. The number of esters is 1. The molecule has 0 amide bonds. The van der Waals surface area contributed by atoms with Gasteiger partial charge in [-0.2, -0.15) is 0 Å². The van der Waals surface area contributed by atoms with Crippen molar-refractivity contribution in [1.29, 1.82) is 0 Å². The van der Waals surface area contributed by atoms with Crippen LogP contribution in [0.2, 0.25) is 0 Å². The van der Waals surface area contributed by atoms with Crippen molar-refractivity contribution in [2.45, 2.75) is 0 Å². The van der Waals surface area contributed by atoms with Crippen molar-refractivity contribution in [2.24, 2.45) is 0 Å². The maximum absolute atomic E-state index is 12.1. The highest BCUT2D eigenvalue weighted by Crippen LogP contribution is 2.31. The summed E-state index contributed by atoms with van der Waals surface area (Å²) in [4.78, 5) is 12.1. The summed E-state index contributed by atoms with van der Waals surface area (Å²) in [5, 5.41) is 0. The van der Waals surface area contributed by atoms with E-state index in [1.165, 1.54) is 0 Å². The van der Waals surface area contributed by atoms with Crippen LogP contribution in [-0.4, -0.2) is 20.2 Å². The molecule has 0 radical (unpaired) electrons.